The zero-order chi connectivity index (χ0) is 11.7. The van der Waals surface area contributed by atoms with E-state index in [0.29, 0.717) is 5.88 Å². The lowest BCUT2D eigenvalue weighted by atomic mass is 10.2. The average Bonchev–Trinajstić information content (AvgIpc) is 2.57. The summed E-state index contributed by atoms with van der Waals surface area (Å²) in [6.45, 7) is 4.03. The fourth-order valence-electron chi connectivity index (χ4n) is 1.72. The first-order valence-corrected chi connectivity index (χ1v) is 6.32. The van der Waals surface area contributed by atoms with Gasteiger partial charge in [0.05, 0.1) is 11.4 Å². The van der Waals surface area contributed by atoms with Crippen molar-refractivity contribution in [2.45, 2.75) is 19.7 Å². The molecule has 0 fully saturated rings. The molecular formula is C12H12BrClN2. The van der Waals surface area contributed by atoms with Crippen LogP contribution in [0.15, 0.2) is 28.7 Å². The van der Waals surface area contributed by atoms with Gasteiger partial charge in [0.2, 0.25) is 0 Å². The Labute approximate surface area is 108 Å². The number of benzene rings is 1. The summed E-state index contributed by atoms with van der Waals surface area (Å²) < 4.78 is 2.96. The van der Waals surface area contributed by atoms with Gasteiger partial charge in [-0.05, 0) is 37.6 Å². The number of alkyl halides is 1. The fraction of sp³-hybridized carbons (Fsp3) is 0.250. The molecule has 0 amide bonds. The highest BCUT2D eigenvalue weighted by molar-refractivity contribution is 9.10. The zero-order valence-electron chi connectivity index (χ0n) is 9.17. The van der Waals surface area contributed by atoms with Crippen molar-refractivity contribution >= 4 is 27.5 Å². The molecule has 0 radical (unpaired) electrons. The summed E-state index contributed by atoms with van der Waals surface area (Å²) >= 11 is 9.41. The van der Waals surface area contributed by atoms with Gasteiger partial charge in [0, 0.05) is 16.0 Å². The minimum Gasteiger partial charge on any atom is -0.237 e. The molecule has 0 aliphatic rings. The van der Waals surface area contributed by atoms with E-state index in [1.54, 1.807) is 0 Å². The molecule has 1 aromatic heterocycles. The van der Waals surface area contributed by atoms with Crippen LogP contribution >= 0.6 is 27.5 Å². The van der Waals surface area contributed by atoms with Gasteiger partial charge in [0.1, 0.15) is 0 Å². The van der Waals surface area contributed by atoms with Gasteiger partial charge in [-0.3, -0.25) is 0 Å². The average molecular weight is 300 g/mol. The third-order valence-electron chi connectivity index (χ3n) is 2.43. The largest absolute Gasteiger partial charge is 0.237 e. The Balaban J connectivity index is 2.62. The standard InChI is InChI=1S/C12H12BrClN2/c1-8-5-9(2)16(15-8)12-6-11(13)4-3-10(12)7-14/h3-6H,7H2,1-2H3. The maximum atomic E-state index is 5.94. The van der Waals surface area contributed by atoms with Gasteiger partial charge in [-0.15, -0.1) is 11.6 Å². The molecular weight excluding hydrogens is 288 g/mol. The Morgan fingerprint density at radius 1 is 1.31 bits per heavy atom. The molecule has 0 aliphatic carbocycles. The van der Waals surface area contributed by atoms with Crippen LogP contribution in [0.5, 0.6) is 0 Å². The molecule has 2 aromatic rings. The predicted molar refractivity (Wildman–Crippen MR) is 70.3 cm³/mol. The number of halogens is 2. The number of hydrogen-bond donors (Lipinski definition) is 0. The minimum absolute atomic E-state index is 0.487. The monoisotopic (exact) mass is 298 g/mol. The molecule has 4 heteroatoms. The molecule has 0 atom stereocenters. The first-order valence-electron chi connectivity index (χ1n) is 5.00. The van der Waals surface area contributed by atoms with E-state index in [2.05, 4.69) is 27.1 Å². The van der Waals surface area contributed by atoms with Crippen molar-refractivity contribution in [2.24, 2.45) is 0 Å². The SMILES string of the molecule is Cc1cc(C)n(-c2cc(Br)ccc2CCl)n1. The summed E-state index contributed by atoms with van der Waals surface area (Å²) in [5, 5.41) is 4.47. The van der Waals surface area contributed by atoms with Gasteiger partial charge in [0.25, 0.3) is 0 Å². The second-order valence-corrected chi connectivity index (χ2v) is 4.93. The predicted octanol–water partition coefficient (Wildman–Crippen LogP) is 3.99. The van der Waals surface area contributed by atoms with Gasteiger partial charge in [-0.25, -0.2) is 4.68 Å². The number of hydrogen-bond acceptors (Lipinski definition) is 1. The topological polar surface area (TPSA) is 17.8 Å². The zero-order valence-corrected chi connectivity index (χ0v) is 11.5. The van der Waals surface area contributed by atoms with Crippen LogP contribution in [0.1, 0.15) is 17.0 Å². The normalized spacial score (nSPS) is 10.8. The van der Waals surface area contributed by atoms with E-state index >= 15 is 0 Å². The molecule has 1 aromatic carbocycles. The second-order valence-electron chi connectivity index (χ2n) is 3.75. The molecule has 0 aliphatic heterocycles. The Morgan fingerprint density at radius 2 is 2.06 bits per heavy atom. The summed E-state index contributed by atoms with van der Waals surface area (Å²) in [6, 6.07) is 8.10. The van der Waals surface area contributed by atoms with E-state index in [4.69, 9.17) is 11.6 Å². The summed E-state index contributed by atoms with van der Waals surface area (Å²) in [5.41, 5.74) is 4.24. The van der Waals surface area contributed by atoms with Gasteiger partial charge >= 0.3 is 0 Å². The lowest BCUT2D eigenvalue weighted by Gasteiger charge is -2.09. The highest BCUT2D eigenvalue weighted by Crippen LogP contribution is 2.23. The van der Waals surface area contributed by atoms with Gasteiger partial charge < -0.3 is 0 Å². The van der Waals surface area contributed by atoms with E-state index in [1.807, 2.05) is 36.7 Å². The maximum Gasteiger partial charge on any atom is 0.0704 e. The van der Waals surface area contributed by atoms with Crippen LogP contribution in [-0.4, -0.2) is 9.78 Å². The van der Waals surface area contributed by atoms with Crippen molar-refractivity contribution < 1.29 is 0 Å². The Morgan fingerprint density at radius 3 is 2.62 bits per heavy atom. The highest BCUT2D eigenvalue weighted by Gasteiger charge is 2.08. The minimum atomic E-state index is 0.487. The van der Waals surface area contributed by atoms with E-state index < -0.39 is 0 Å². The molecule has 1 heterocycles. The van der Waals surface area contributed by atoms with Gasteiger partial charge in [-0.1, -0.05) is 22.0 Å². The fourth-order valence-corrected chi connectivity index (χ4v) is 2.29. The molecule has 2 nitrogen and oxygen atoms in total. The van der Waals surface area contributed by atoms with Crippen LogP contribution in [-0.2, 0) is 5.88 Å². The third kappa shape index (κ3) is 2.15. The van der Waals surface area contributed by atoms with E-state index in [9.17, 15) is 0 Å². The number of aryl methyl sites for hydroxylation is 2. The van der Waals surface area contributed by atoms with Crippen LogP contribution in [0.4, 0.5) is 0 Å². The Bertz CT molecular complexity index is 520. The van der Waals surface area contributed by atoms with Crippen LogP contribution in [0, 0.1) is 13.8 Å². The molecule has 0 spiro atoms. The Kier molecular flexibility index (Phi) is 3.36. The van der Waals surface area contributed by atoms with Crippen LogP contribution in [0.2, 0.25) is 0 Å². The van der Waals surface area contributed by atoms with E-state index in [0.717, 1.165) is 27.1 Å². The summed E-state index contributed by atoms with van der Waals surface area (Å²) in [4.78, 5) is 0. The van der Waals surface area contributed by atoms with Crippen molar-refractivity contribution in [1.82, 2.24) is 9.78 Å². The number of rotatable bonds is 2. The summed E-state index contributed by atoms with van der Waals surface area (Å²) in [6.07, 6.45) is 0. The molecule has 16 heavy (non-hydrogen) atoms. The smallest absolute Gasteiger partial charge is 0.0704 e. The lowest BCUT2D eigenvalue weighted by molar-refractivity contribution is 0.825. The molecule has 0 bridgehead atoms. The second kappa shape index (κ2) is 4.60. The maximum absolute atomic E-state index is 5.94. The highest BCUT2D eigenvalue weighted by atomic mass is 79.9. The van der Waals surface area contributed by atoms with Crippen molar-refractivity contribution in [1.29, 1.82) is 0 Å². The molecule has 0 saturated heterocycles. The molecule has 0 unspecified atom stereocenters. The third-order valence-corrected chi connectivity index (χ3v) is 3.21. The molecule has 0 saturated carbocycles. The van der Waals surface area contributed by atoms with Crippen molar-refractivity contribution in [3.63, 3.8) is 0 Å². The van der Waals surface area contributed by atoms with E-state index in [1.165, 1.54) is 0 Å². The van der Waals surface area contributed by atoms with Gasteiger partial charge in [0.15, 0.2) is 0 Å². The lowest BCUT2D eigenvalue weighted by Crippen LogP contribution is -2.02. The number of nitrogens with zero attached hydrogens (tertiary/aromatic N) is 2. The van der Waals surface area contributed by atoms with Crippen molar-refractivity contribution in [3.05, 3.63) is 45.7 Å². The van der Waals surface area contributed by atoms with Crippen LogP contribution < -0.4 is 0 Å². The Hall–Kier alpha value is -0.800. The quantitative estimate of drug-likeness (QED) is 0.767. The summed E-state index contributed by atoms with van der Waals surface area (Å²) in [7, 11) is 0. The first kappa shape index (κ1) is 11.7. The van der Waals surface area contributed by atoms with Crippen LogP contribution in [0.3, 0.4) is 0 Å². The molecule has 84 valence electrons. The van der Waals surface area contributed by atoms with E-state index in [-0.39, 0.29) is 0 Å². The first-order chi connectivity index (χ1) is 7.61. The van der Waals surface area contributed by atoms with Gasteiger partial charge in [-0.2, -0.15) is 5.10 Å². The summed E-state index contributed by atoms with van der Waals surface area (Å²) in [5.74, 6) is 0.487. The number of aromatic nitrogens is 2. The molecule has 2 rings (SSSR count). The molecule has 0 N–H and O–H groups in total. The van der Waals surface area contributed by atoms with Crippen molar-refractivity contribution in [2.75, 3.05) is 0 Å². The van der Waals surface area contributed by atoms with Crippen molar-refractivity contribution in [3.8, 4) is 5.69 Å². The van der Waals surface area contributed by atoms with Crippen LogP contribution in [0.25, 0.3) is 5.69 Å².